The molecule has 0 aromatic heterocycles. The summed E-state index contributed by atoms with van der Waals surface area (Å²) in [7, 11) is 0. The van der Waals surface area contributed by atoms with Gasteiger partial charge < -0.3 is 35.8 Å². The number of aliphatic hydroxyl groups is 1. The third kappa shape index (κ3) is 5.54. The summed E-state index contributed by atoms with van der Waals surface area (Å²) in [5.41, 5.74) is 8.84. The van der Waals surface area contributed by atoms with E-state index >= 15 is 0 Å². The van der Waals surface area contributed by atoms with Gasteiger partial charge in [0.1, 0.15) is 5.84 Å². The van der Waals surface area contributed by atoms with E-state index in [4.69, 9.17) is 10.5 Å². The van der Waals surface area contributed by atoms with Crippen molar-refractivity contribution in [1.82, 2.24) is 10.2 Å². The molecule has 2 fully saturated rings. The normalized spacial score (nSPS) is 22.3. The van der Waals surface area contributed by atoms with Crippen LogP contribution in [0.3, 0.4) is 0 Å². The number of carboxylic acid groups (broad SMARTS) is 1. The molecule has 0 bridgehead atoms. The number of fused-ring (bicyclic) bond motifs is 1. The van der Waals surface area contributed by atoms with Crippen LogP contribution in [0, 0.1) is 5.92 Å². The molecule has 3 heterocycles. The van der Waals surface area contributed by atoms with E-state index < -0.39 is 35.9 Å². The molecular formula is C28H31N5O7. The molecule has 1 aliphatic carbocycles. The van der Waals surface area contributed by atoms with Gasteiger partial charge in [-0.2, -0.15) is 0 Å². The number of nitrogens with one attached hydrogen (secondary N) is 1. The van der Waals surface area contributed by atoms with Crippen molar-refractivity contribution in [2.75, 3.05) is 37.7 Å². The molecule has 1 aromatic carbocycles. The number of aliphatic hydroxyl groups excluding tert-OH is 1. The number of benzene rings is 1. The second-order valence-corrected chi connectivity index (χ2v) is 10.1. The highest BCUT2D eigenvalue weighted by Crippen LogP contribution is 2.25. The molecule has 0 saturated carbocycles. The van der Waals surface area contributed by atoms with E-state index in [2.05, 4.69) is 10.3 Å². The summed E-state index contributed by atoms with van der Waals surface area (Å²) in [6.45, 7) is 1.33. The van der Waals surface area contributed by atoms with Crippen molar-refractivity contribution in [1.29, 1.82) is 0 Å². The number of piperidine rings is 1. The number of carbonyl (C=O) groups is 4. The lowest BCUT2D eigenvalue weighted by atomic mass is 9.96. The van der Waals surface area contributed by atoms with Gasteiger partial charge in [0.05, 0.1) is 19.1 Å². The number of anilines is 1. The Labute approximate surface area is 230 Å². The Bertz CT molecular complexity index is 1360. The Balaban J connectivity index is 1.24. The molecule has 0 radical (unpaired) electrons. The second kappa shape index (κ2) is 11.4. The number of rotatable bonds is 6. The maximum absolute atomic E-state index is 13.3. The number of hydrogen-bond donors (Lipinski definition) is 4. The van der Waals surface area contributed by atoms with E-state index in [-0.39, 0.29) is 19.1 Å². The zero-order valence-electron chi connectivity index (χ0n) is 21.8. The van der Waals surface area contributed by atoms with Crippen molar-refractivity contribution in [3.63, 3.8) is 0 Å². The van der Waals surface area contributed by atoms with Crippen molar-refractivity contribution >= 4 is 35.2 Å². The van der Waals surface area contributed by atoms with Crippen LogP contribution in [0.2, 0.25) is 0 Å². The van der Waals surface area contributed by atoms with Crippen molar-refractivity contribution in [2.24, 2.45) is 16.6 Å². The Morgan fingerprint density at radius 2 is 1.93 bits per heavy atom. The van der Waals surface area contributed by atoms with Gasteiger partial charge in [-0.15, -0.1) is 0 Å². The zero-order chi connectivity index (χ0) is 28.4. The summed E-state index contributed by atoms with van der Waals surface area (Å²) in [5, 5.41) is 22.7. The van der Waals surface area contributed by atoms with Crippen LogP contribution in [-0.2, 0) is 19.1 Å². The number of allylic oxidation sites excluding steroid dienone is 3. The highest BCUT2D eigenvalue weighted by atomic mass is 16.5. The lowest BCUT2D eigenvalue weighted by molar-refractivity contribution is -0.152. The Hall–Kier alpha value is -4.29. The number of likely N-dealkylation sites (tertiary alicyclic amines) is 1. The molecule has 210 valence electrons. The largest absolute Gasteiger partial charge is 0.481 e. The van der Waals surface area contributed by atoms with Crippen LogP contribution < -0.4 is 16.0 Å². The number of carboxylic acids is 1. The van der Waals surface area contributed by atoms with Gasteiger partial charge in [0.25, 0.3) is 17.7 Å². The molecule has 1 aromatic rings. The minimum Gasteiger partial charge on any atom is -0.481 e. The first-order valence-corrected chi connectivity index (χ1v) is 13.2. The molecule has 3 aliphatic heterocycles. The Kier molecular flexibility index (Phi) is 7.81. The van der Waals surface area contributed by atoms with Gasteiger partial charge in [-0.25, -0.2) is 0 Å². The van der Waals surface area contributed by atoms with E-state index in [0.717, 1.165) is 11.1 Å². The van der Waals surface area contributed by atoms with E-state index in [9.17, 15) is 29.4 Å². The maximum atomic E-state index is 13.3. The first-order valence-electron chi connectivity index (χ1n) is 13.2. The molecule has 5 rings (SSSR count). The number of aliphatic carboxylic acids is 1. The highest BCUT2D eigenvalue weighted by Gasteiger charge is 2.40. The van der Waals surface area contributed by atoms with E-state index in [1.54, 1.807) is 41.3 Å². The number of carbonyl (C=O) groups excluding carboxylic acids is 3. The van der Waals surface area contributed by atoms with Crippen LogP contribution in [0.4, 0.5) is 5.69 Å². The topological polar surface area (TPSA) is 175 Å². The molecule has 0 unspecified atom stereocenters. The van der Waals surface area contributed by atoms with Crippen LogP contribution in [0.25, 0.3) is 0 Å². The van der Waals surface area contributed by atoms with Gasteiger partial charge in [0.2, 0.25) is 0 Å². The summed E-state index contributed by atoms with van der Waals surface area (Å²) in [5.74, 6) is -2.50. The molecule has 40 heavy (non-hydrogen) atoms. The Morgan fingerprint density at radius 1 is 1.15 bits per heavy atom. The number of morpholine rings is 1. The monoisotopic (exact) mass is 549 g/mol. The number of hydrogen-bond acceptors (Lipinski definition) is 8. The SMILES string of the molecule is NC1=NCC2=CC(NC(=O)[C@H](O)[C@H]3OCCN(c4cccc(C(=O)N5CCC(C(=O)O)CC5)c4)C3=O)=CCC=C21. The zero-order valence-corrected chi connectivity index (χ0v) is 21.8. The van der Waals surface area contributed by atoms with Crippen LogP contribution in [-0.4, -0.2) is 89.6 Å². The van der Waals surface area contributed by atoms with Crippen LogP contribution in [0.1, 0.15) is 29.6 Å². The van der Waals surface area contributed by atoms with Gasteiger partial charge in [-0.05, 0) is 49.1 Å². The van der Waals surface area contributed by atoms with Crippen LogP contribution in [0.5, 0.6) is 0 Å². The van der Waals surface area contributed by atoms with Gasteiger partial charge >= 0.3 is 5.97 Å². The molecule has 4 aliphatic rings. The standard InChI is InChI=1S/C28H31N5O7/c29-24-21-6-2-4-19(13-18(21)15-30-24)31-25(35)22(34)23-27(37)33(11-12-40-23)20-5-1-3-17(14-20)26(36)32-9-7-16(8-10-32)28(38)39/h1,3-6,13-14,16,22-23,34H,2,7-12,15H2,(H2,29,30)(H,31,35)(H,38,39)/t22-,23-/m1/s1. The number of nitrogens with two attached hydrogens (primary N) is 1. The quantitative estimate of drug-likeness (QED) is 0.393. The lowest BCUT2D eigenvalue weighted by Crippen LogP contribution is -2.56. The number of aliphatic imine (C=N–C) groups is 1. The lowest BCUT2D eigenvalue weighted by Gasteiger charge is -2.34. The van der Waals surface area contributed by atoms with Crippen LogP contribution in [0.15, 0.2) is 64.3 Å². The molecule has 12 heteroatoms. The molecule has 2 atom stereocenters. The average Bonchev–Trinajstić information content (AvgIpc) is 3.17. The van der Waals surface area contributed by atoms with E-state index in [1.807, 2.05) is 6.08 Å². The van der Waals surface area contributed by atoms with Crippen molar-refractivity contribution in [2.45, 2.75) is 31.5 Å². The highest BCUT2D eigenvalue weighted by molar-refractivity contribution is 6.04. The first kappa shape index (κ1) is 27.3. The van der Waals surface area contributed by atoms with Crippen molar-refractivity contribution < 1.29 is 34.1 Å². The molecule has 5 N–H and O–H groups in total. The molecule has 12 nitrogen and oxygen atoms in total. The maximum Gasteiger partial charge on any atom is 0.306 e. The second-order valence-electron chi connectivity index (χ2n) is 10.1. The molecule has 0 spiro atoms. The van der Waals surface area contributed by atoms with Crippen LogP contribution >= 0.6 is 0 Å². The Morgan fingerprint density at radius 3 is 2.67 bits per heavy atom. The van der Waals surface area contributed by atoms with Crippen molar-refractivity contribution in [3.8, 4) is 0 Å². The minimum atomic E-state index is -1.77. The van der Waals surface area contributed by atoms with E-state index in [1.165, 1.54) is 4.90 Å². The molecule has 3 amide bonds. The average molecular weight is 550 g/mol. The molecule has 2 saturated heterocycles. The predicted molar refractivity (Wildman–Crippen MR) is 144 cm³/mol. The summed E-state index contributed by atoms with van der Waals surface area (Å²) in [4.78, 5) is 57.7. The smallest absolute Gasteiger partial charge is 0.306 e. The fourth-order valence-electron chi connectivity index (χ4n) is 5.26. The summed E-state index contributed by atoms with van der Waals surface area (Å²) >= 11 is 0. The van der Waals surface area contributed by atoms with Gasteiger partial charge in [0.15, 0.2) is 12.2 Å². The first-order chi connectivity index (χ1) is 19.2. The fourth-order valence-corrected chi connectivity index (χ4v) is 5.26. The number of ether oxygens (including phenoxy) is 1. The third-order valence-corrected chi connectivity index (χ3v) is 7.51. The minimum absolute atomic E-state index is 0.0816. The number of amides is 3. The summed E-state index contributed by atoms with van der Waals surface area (Å²) in [6, 6.07) is 6.54. The van der Waals surface area contributed by atoms with E-state index in [0.29, 0.717) is 61.7 Å². The van der Waals surface area contributed by atoms with Gasteiger partial charge in [-0.3, -0.25) is 24.2 Å². The van der Waals surface area contributed by atoms with Gasteiger partial charge in [0, 0.05) is 42.2 Å². The number of amidine groups is 1. The number of nitrogens with zero attached hydrogens (tertiary/aromatic N) is 3. The summed E-state index contributed by atoms with van der Waals surface area (Å²) < 4.78 is 5.52. The van der Waals surface area contributed by atoms with Gasteiger partial charge in [-0.1, -0.05) is 18.2 Å². The predicted octanol–water partition coefficient (Wildman–Crippen LogP) is 0.344. The summed E-state index contributed by atoms with van der Waals surface area (Å²) in [6.07, 6.45) is 3.52. The van der Waals surface area contributed by atoms with Crippen molar-refractivity contribution in [3.05, 3.63) is 64.9 Å². The third-order valence-electron chi connectivity index (χ3n) is 7.51. The molecular weight excluding hydrogens is 518 g/mol. The fraction of sp³-hybridized carbons (Fsp3) is 0.393.